The third kappa shape index (κ3) is 5.52. The van der Waals surface area contributed by atoms with E-state index in [4.69, 9.17) is 9.84 Å². The Morgan fingerprint density at radius 3 is 2.00 bits per heavy atom. The van der Waals surface area contributed by atoms with E-state index in [0.717, 1.165) is 4.90 Å². The van der Waals surface area contributed by atoms with E-state index in [1.165, 1.54) is 24.3 Å². The first-order valence-electron chi connectivity index (χ1n) is 10.3. The van der Waals surface area contributed by atoms with Crippen LogP contribution in [0.2, 0.25) is 0 Å². The first-order chi connectivity index (χ1) is 15.5. The monoisotopic (exact) mass is 453 g/mol. The second kappa shape index (κ2) is 9.36. The van der Waals surface area contributed by atoms with Crippen molar-refractivity contribution in [3.05, 3.63) is 76.6 Å². The molecule has 3 rings (SSSR count). The summed E-state index contributed by atoms with van der Waals surface area (Å²) in [5.41, 5.74) is 0.313. The Balaban J connectivity index is 1.73. The largest absolute Gasteiger partial charge is 0.489 e. The van der Waals surface area contributed by atoms with Gasteiger partial charge in [-0.15, -0.1) is 0 Å². The highest BCUT2D eigenvalue weighted by molar-refractivity contribution is 6.21. The molecule has 0 saturated carbocycles. The number of benzene rings is 2. The molecule has 0 unspecified atom stereocenters. The number of aliphatic carboxylic acids is 1. The van der Waals surface area contributed by atoms with E-state index in [1.54, 1.807) is 24.3 Å². The summed E-state index contributed by atoms with van der Waals surface area (Å²) in [5.74, 6) is -4.34. The minimum absolute atomic E-state index is 0.0304. The summed E-state index contributed by atoms with van der Waals surface area (Å²) < 4.78 is 19.9. The number of hydrogen-bond acceptors (Lipinski definition) is 5. The van der Waals surface area contributed by atoms with Gasteiger partial charge in [0.2, 0.25) is 5.83 Å². The third-order valence-corrected chi connectivity index (χ3v) is 5.01. The Hall–Kier alpha value is -3.81. The molecule has 1 aliphatic heterocycles. The van der Waals surface area contributed by atoms with Crippen LogP contribution in [0.4, 0.5) is 4.39 Å². The number of carboxylic acids is 1. The summed E-state index contributed by atoms with van der Waals surface area (Å²) in [6.45, 7) is 4.82. The summed E-state index contributed by atoms with van der Waals surface area (Å²) in [4.78, 5) is 49.4. The van der Waals surface area contributed by atoms with Crippen LogP contribution < -0.4 is 4.74 Å². The number of ether oxygens (including phenoxy) is 1. The third-order valence-electron chi connectivity index (χ3n) is 5.01. The van der Waals surface area contributed by atoms with Gasteiger partial charge in [-0.25, -0.2) is 4.79 Å². The lowest BCUT2D eigenvalue weighted by molar-refractivity contribution is -0.134. The summed E-state index contributed by atoms with van der Waals surface area (Å²) in [6, 6.07) is 12.3. The second-order valence-corrected chi connectivity index (χ2v) is 8.94. The van der Waals surface area contributed by atoms with Crippen molar-refractivity contribution in [1.29, 1.82) is 0 Å². The zero-order valence-corrected chi connectivity index (χ0v) is 18.6. The van der Waals surface area contributed by atoms with Crippen LogP contribution in [0.1, 0.15) is 58.3 Å². The number of carboxylic acid groups (broad SMARTS) is 1. The maximum atomic E-state index is 14.4. The zero-order valence-electron chi connectivity index (χ0n) is 18.6. The van der Waals surface area contributed by atoms with Gasteiger partial charge in [0.15, 0.2) is 5.78 Å². The number of ketones is 1. The first-order valence-corrected chi connectivity index (χ1v) is 10.3. The van der Waals surface area contributed by atoms with Crippen LogP contribution in [0.15, 0.2) is 59.9 Å². The van der Waals surface area contributed by atoms with Gasteiger partial charge in [-0.05, 0) is 41.8 Å². The van der Waals surface area contributed by atoms with Gasteiger partial charge in [-0.1, -0.05) is 32.9 Å². The fourth-order valence-electron chi connectivity index (χ4n) is 3.39. The average Bonchev–Trinajstić information content (AvgIpc) is 3.00. The predicted octanol–water partition coefficient (Wildman–Crippen LogP) is 4.29. The molecule has 172 valence electrons. The van der Waals surface area contributed by atoms with Gasteiger partial charge in [0.05, 0.1) is 17.7 Å². The summed E-state index contributed by atoms with van der Waals surface area (Å²) in [7, 11) is 0. The van der Waals surface area contributed by atoms with E-state index in [0.29, 0.717) is 12.0 Å². The zero-order chi connectivity index (χ0) is 24.3. The van der Waals surface area contributed by atoms with Crippen LogP contribution in [0.3, 0.4) is 0 Å². The molecular formula is C25H24FNO6. The number of fused-ring (bicyclic) bond motifs is 1. The Kier molecular flexibility index (Phi) is 6.76. The molecule has 0 fully saturated rings. The second-order valence-electron chi connectivity index (χ2n) is 8.94. The van der Waals surface area contributed by atoms with Gasteiger partial charge in [-0.3, -0.25) is 19.3 Å². The molecule has 0 radical (unpaired) electrons. The lowest BCUT2D eigenvalue weighted by Gasteiger charge is -2.18. The number of Topliss-reactive ketones (excluding diaryl/α,β-unsaturated/α-hetero) is 1. The quantitative estimate of drug-likeness (QED) is 0.364. The van der Waals surface area contributed by atoms with Crippen LogP contribution >= 0.6 is 0 Å². The normalized spacial score (nSPS) is 14.1. The van der Waals surface area contributed by atoms with Crippen LogP contribution in [-0.2, 0) is 4.79 Å². The van der Waals surface area contributed by atoms with Crippen LogP contribution in [0.5, 0.6) is 5.75 Å². The molecule has 1 heterocycles. The Labute approximate surface area is 190 Å². The molecule has 0 bridgehead atoms. The molecule has 7 nitrogen and oxygen atoms in total. The molecule has 2 aromatic carbocycles. The molecule has 2 aromatic rings. The minimum Gasteiger partial charge on any atom is -0.489 e. The van der Waals surface area contributed by atoms with Crippen LogP contribution in [0, 0.1) is 5.41 Å². The molecule has 33 heavy (non-hydrogen) atoms. The fourth-order valence-corrected chi connectivity index (χ4v) is 3.39. The number of carbonyl (C=O) groups is 4. The van der Waals surface area contributed by atoms with Gasteiger partial charge in [0, 0.05) is 17.6 Å². The Morgan fingerprint density at radius 2 is 1.52 bits per heavy atom. The number of amides is 2. The highest BCUT2D eigenvalue weighted by Crippen LogP contribution is 2.25. The van der Waals surface area contributed by atoms with E-state index in [1.807, 2.05) is 20.8 Å². The minimum atomic E-state index is -1.83. The summed E-state index contributed by atoms with van der Waals surface area (Å²) in [6.07, 6.45) is 0.365. The van der Waals surface area contributed by atoms with Crippen molar-refractivity contribution < 1.29 is 33.4 Å². The van der Waals surface area contributed by atoms with Crippen molar-refractivity contribution in [2.45, 2.75) is 27.2 Å². The van der Waals surface area contributed by atoms with Gasteiger partial charge in [0.25, 0.3) is 11.8 Å². The van der Waals surface area contributed by atoms with Crippen LogP contribution in [0.25, 0.3) is 0 Å². The van der Waals surface area contributed by atoms with Crippen molar-refractivity contribution in [2.75, 3.05) is 13.2 Å². The molecule has 1 aliphatic rings. The molecular weight excluding hydrogens is 429 g/mol. The molecule has 0 aromatic heterocycles. The number of halogens is 1. The molecule has 0 aliphatic carbocycles. The van der Waals surface area contributed by atoms with Gasteiger partial charge < -0.3 is 9.84 Å². The summed E-state index contributed by atoms with van der Waals surface area (Å²) >= 11 is 0. The van der Waals surface area contributed by atoms with E-state index in [9.17, 15) is 23.6 Å². The maximum absolute atomic E-state index is 14.4. The molecule has 0 atom stereocenters. The van der Waals surface area contributed by atoms with Gasteiger partial charge >= 0.3 is 5.97 Å². The van der Waals surface area contributed by atoms with Crippen molar-refractivity contribution in [3.63, 3.8) is 0 Å². The predicted molar refractivity (Wildman–Crippen MR) is 118 cm³/mol. The summed E-state index contributed by atoms with van der Waals surface area (Å²) in [5, 5.41) is 9.10. The molecule has 2 amide bonds. The van der Waals surface area contributed by atoms with Crippen molar-refractivity contribution in [3.8, 4) is 5.75 Å². The Morgan fingerprint density at radius 1 is 0.970 bits per heavy atom. The maximum Gasteiger partial charge on any atom is 0.364 e. The lowest BCUT2D eigenvalue weighted by Crippen LogP contribution is -2.33. The molecule has 0 spiro atoms. The van der Waals surface area contributed by atoms with Crippen molar-refractivity contribution in [2.24, 2.45) is 5.41 Å². The highest BCUT2D eigenvalue weighted by Gasteiger charge is 2.36. The average molecular weight is 453 g/mol. The smallest absolute Gasteiger partial charge is 0.364 e. The van der Waals surface area contributed by atoms with Gasteiger partial charge in [-0.2, -0.15) is 4.39 Å². The topological polar surface area (TPSA) is 101 Å². The number of rotatable bonds is 8. The van der Waals surface area contributed by atoms with E-state index < -0.39 is 36.8 Å². The Bertz CT molecular complexity index is 1110. The fraction of sp³-hybridized carbons (Fsp3) is 0.280. The van der Waals surface area contributed by atoms with Gasteiger partial charge in [0.1, 0.15) is 12.4 Å². The highest BCUT2D eigenvalue weighted by atomic mass is 19.1. The standard InChI is InChI=1S/C25H24FNO6/c1-25(2,3)12-20(28)15-8-10-17(11-9-15)33-14-16(21(26)24(31)32)13-27-22(29)18-6-4-5-7-19(18)23(27)30/h4-11H,12-14H2,1-3H3,(H,31,32)/b21-16+. The van der Waals surface area contributed by atoms with Crippen LogP contribution in [-0.4, -0.2) is 46.7 Å². The van der Waals surface area contributed by atoms with Crippen molar-refractivity contribution in [1.82, 2.24) is 4.90 Å². The SMILES string of the molecule is CC(C)(C)CC(=O)c1ccc(OC/C(CN2C(=O)c3ccccc3C2=O)=C(/F)C(=O)O)cc1. The first kappa shape index (κ1) is 23.8. The lowest BCUT2D eigenvalue weighted by atomic mass is 9.88. The molecule has 8 heteroatoms. The number of imide groups is 1. The van der Waals surface area contributed by atoms with Crippen molar-refractivity contribution >= 4 is 23.6 Å². The van der Waals surface area contributed by atoms with E-state index >= 15 is 0 Å². The molecule has 0 saturated heterocycles. The number of nitrogens with zero attached hydrogens (tertiary/aromatic N) is 1. The number of hydrogen-bond donors (Lipinski definition) is 1. The van der Waals surface area contributed by atoms with E-state index in [2.05, 4.69) is 0 Å². The van der Waals surface area contributed by atoms with E-state index in [-0.39, 0.29) is 33.6 Å². The molecule has 1 N–H and O–H groups in total. The number of carbonyl (C=O) groups excluding carboxylic acids is 3.